The maximum absolute atomic E-state index is 14.1. The Balaban J connectivity index is 1.58. The van der Waals surface area contributed by atoms with Crippen molar-refractivity contribution in [1.29, 1.82) is 0 Å². The summed E-state index contributed by atoms with van der Waals surface area (Å²) in [6.07, 6.45) is 2.23. The molecule has 8 heteroatoms. The van der Waals surface area contributed by atoms with Crippen molar-refractivity contribution >= 4 is 17.7 Å². The van der Waals surface area contributed by atoms with Crippen LogP contribution in [0.15, 0.2) is 23.4 Å². The fraction of sp³-hybridized carbons (Fsp3) is 0.529. The highest BCUT2D eigenvalue weighted by Crippen LogP contribution is 2.44. The Morgan fingerprint density at radius 1 is 1.20 bits per heavy atom. The van der Waals surface area contributed by atoms with Gasteiger partial charge in [-0.2, -0.15) is 0 Å². The van der Waals surface area contributed by atoms with E-state index in [1.807, 2.05) is 6.92 Å². The van der Waals surface area contributed by atoms with E-state index in [0.29, 0.717) is 24.8 Å². The zero-order chi connectivity index (χ0) is 17.4. The third-order valence-electron chi connectivity index (χ3n) is 4.54. The quantitative estimate of drug-likeness (QED) is 0.757. The van der Waals surface area contributed by atoms with Crippen LogP contribution in [0.25, 0.3) is 0 Å². The molecule has 1 aromatic heterocycles. The van der Waals surface area contributed by atoms with E-state index in [4.69, 9.17) is 4.74 Å². The average molecular weight is 366 g/mol. The lowest BCUT2D eigenvalue weighted by atomic mass is 10.1. The van der Waals surface area contributed by atoms with Gasteiger partial charge in [-0.25, -0.2) is 8.78 Å². The van der Waals surface area contributed by atoms with E-state index in [-0.39, 0.29) is 5.25 Å². The first-order valence-corrected chi connectivity index (χ1v) is 9.40. The van der Waals surface area contributed by atoms with Crippen LogP contribution in [0.2, 0.25) is 0 Å². The largest absolute Gasteiger partial charge is 0.378 e. The molecule has 1 saturated heterocycles. The van der Waals surface area contributed by atoms with Crippen LogP contribution in [0.4, 0.5) is 14.7 Å². The number of thioether (sulfide) groups is 1. The molecule has 25 heavy (non-hydrogen) atoms. The van der Waals surface area contributed by atoms with E-state index in [1.54, 1.807) is 0 Å². The number of aromatic nitrogens is 3. The second kappa shape index (κ2) is 6.92. The van der Waals surface area contributed by atoms with Gasteiger partial charge in [0.25, 0.3) is 0 Å². The van der Waals surface area contributed by atoms with Crippen molar-refractivity contribution < 1.29 is 13.5 Å². The molecule has 2 aromatic rings. The lowest BCUT2D eigenvalue weighted by molar-refractivity contribution is 0.121. The van der Waals surface area contributed by atoms with Crippen molar-refractivity contribution in [3.63, 3.8) is 0 Å². The van der Waals surface area contributed by atoms with Gasteiger partial charge in [0.1, 0.15) is 11.6 Å². The zero-order valence-corrected chi connectivity index (χ0v) is 14.8. The number of hydrogen-bond donors (Lipinski definition) is 0. The first kappa shape index (κ1) is 16.8. The number of halogens is 2. The van der Waals surface area contributed by atoms with Crippen LogP contribution in [0.5, 0.6) is 0 Å². The van der Waals surface area contributed by atoms with Gasteiger partial charge >= 0.3 is 0 Å². The van der Waals surface area contributed by atoms with Crippen molar-refractivity contribution in [3.05, 3.63) is 35.4 Å². The molecule has 1 aromatic carbocycles. The number of benzene rings is 1. The van der Waals surface area contributed by atoms with E-state index in [1.165, 1.54) is 23.9 Å². The third kappa shape index (κ3) is 3.50. The highest BCUT2D eigenvalue weighted by Gasteiger charge is 2.33. The van der Waals surface area contributed by atoms with Crippen LogP contribution >= 0.6 is 11.8 Å². The van der Waals surface area contributed by atoms with E-state index < -0.39 is 11.6 Å². The number of morpholine rings is 1. The molecule has 2 heterocycles. The number of rotatable bonds is 5. The van der Waals surface area contributed by atoms with Gasteiger partial charge in [-0.1, -0.05) is 17.8 Å². The molecule has 0 radical (unpaired) electrons. The van der Waals surface area contributed by atoms with Crippen LogP contribution in [0, 0.1) is 11.6 Å². The van der Waals surface area contributed by atoms with E-state index >= 15 is 0 Å². The summed E-state index contributed by atoms with van der Waals surface area (Å²) in [5.41, 5.74) is 0.477. The standard InChI is InChI=1S/C17H20F2N4OS/c1-11(14-5-2-12(18)10-15(14)19)25-17-21-20-16(23(17)13-3-4-13)22-6-8-24-9-7-22/h2,5,10-11,13H,3-4,6-9H2,1H3/t11-/m0/s1. The van der Waals surface area contributed by atoms with E-state index in [0.717, 1.165) is 43.1 Å². The monoisotopic (exact) mass is 366 g/mol. The number of nitrogens with zero attached hydrogens (tertiary/aromatic N) is 4. The summed E-state index contributed by atoms with van der Waals surface area (Å²) in [6.45, 7) is 4.89. The van der Waals surface area contributed by atoms with Crippen molar-refractivity contribution in [2.75, 3.05) is 31.2 Å². The van der Waals surface area contributed by atoms with Gasteiger partial charge in [0.2, 0.25) is 5.95 Å². The summed E-state index contributed by atoms with van der Waals surface area (Å²) in [6, 6.07) is 4.14. The predicted octanol–water partition coefficient (Wildman–Crippen LogP) is 3.58. The number of anilines is 1. The molecule has 2 fully saturated rings. The molecule has 0 N–H and O–H groups in total. The third-order valence-corrected chi connectivity index (χ3v) is 5.63. The molecule has 134 valence electrons. The average Bonchev–Trinajstić information content (AvgIpc) is 3.36. The molecule has 1 aliphatic carbocycles. The number of hydrogen-bond acceptors (Lipinski definition) is 5. The first-order chi connectivity index (χ1) is 12.1. The lowest BCUT2D eigenvalue weighted by Gasteiger charge is -2.28. The maximum atomic E-state index is 14.1. The van der Waals surface area contributed by atoms with Gasteiger partial charge in [-0.05, 0) is 25.8 Å². The minimum atomic E-state index is -0.561. The molecule has 0 bridgehead atoms. The summed E-state index contributed by atoms with van der Waals surface area (Å²) in [4.78, 5) is 2.20. The summed E-state index contributed by atoms with van der Waals surface area (Å²) in [5, 5.41) is 9.37. The normalized spacial score (nSPS) is 19.2. The zero-order valence-electron chi connectivity index (χ0n) is 14.0. The first-order valence-electron chi connectivity index (χ1n) is 8.52. The molecular formula is C17H20F2N4OS. The Bertz CT molecular complexity index is 759. The second-order valence-electron chi connectivity index (χ2n) is 6.41. The van der Waals surface area contributed by atoms with Gasteiger partial charge in [0, 0.05) is 36.0 Å². The second-order valence-corrected chi connectivity index (χ2v) is 7.72. The minimum absolute atomic E-state index is 0.181. The van der Waals surface area contributed by atoms with Gasteiger partial charge in [0.05, 0.1) is 13.2 Å². The Kier molecular flexibility index (Phi) is 4.64. The van der Waals surface area contributed by atoms with Crippen molar-refractivity contribution in [2.45, 2.75) is 36.2 Å². The Morgan fingerprint density at radius 3 is 2.64 bits per heavy atom. The summed E-state index contributed by atoms with van der Waals surface area (Å²) in [7, 11) is 0. The van der Waals surface area contributed by atoms with Gasteiger partial charge < -0.3 is 9.64 Å². The highest BCUT2D eigenvalue weighted by molar-refractivity contribution is 7.99. The van der Waals surface area contributed by atoms with E-state index in [9.17, 15) is 8.78 Å². The minimum Gasteiger partial charge on any atom is -0.378 e. The fourth-order valence-electron chi connectivity index (χ4n) is 3.03. The topological polar surface area (TPSA) is 43.2 Å². The van der Waals surface area contributed by atoms with Crippen molar-refractivity contribution in [1.82, 2.24) is 14.8 Å². The van der Waals surface area contributed by atoms with Crippen LogP contribution in [-0.4, -0.2) is 41.1 Å². The molecule has 1 atom stereocenters. The van der Waals surface area contributed by atoms with Crippen LogP contribution < -0.4 is 4.90 Å². The maximum Gasteiger partial charge on any atom is 0.228 e. The molecule has 1 saturated carbocycles. The number of ether oxygens (including phenoxy) is 1. The van der Waals surface area contributed by atoms with Crippen LogP contribution in [0.3, 0.4) is 0 Å². The summed E-state index contributed by atoms with van der Waals surface area (Å²) >= 11 is 1.47. The molecule has 0 spiro atoms. The SMILES string of the molecule is C[C@H](Sc1nnc(N2CCOCC2)n1C1CC1)c1ccc(F)cc1F. The molecule has 1 aliphatic heterocycles. The van der Waals surface area contributed by atoms with E-state index in [2.05, 4.69) is 19.7 Å². The van der Waals surface area contributed by atoms with Gasteiger partial charge in [0.15, 0.2) is 5.16 Å². The van der Waals surface area contributed by atoms with Crippen LogP contribution in [-0.2, 0) is 4.74 Å². The Morgan fingerprint density at radius 2 is 1.96 bits per heavy atom. The molecule has 5 nitrogen and oxygen atoms in total. The Labute approximate surface area is 149 Å². The molecule has 0 amide bonds. The highest BCUT2D eigenvalue weighted by atomic mass is 32.2. The predicted molar refractivity (Wildman–Crippen MR) is 92.0 cm³/mol. The van der Waals surface area contributed by atoms with Crippen LogP contribution in [0.1, 0.15) is 36.6 Å². The van der Waals surface area contributed by atoms with Gasteiger partial charge in [-0.3, -0.25) is 4.57 Å². The fourth-order valence-corrected chi connectivity index (χ4v) is 4.10. The van der Waals surface area contributed by atoms with Crippen molar-refractivity contribution in [2.24, 2.45) is 0 Å². The lowest BCUT2D eigenvalue weighted by Crippen LogP contribution is -2.38. The molecule has 0 unspecified atom stereocenters. The van der Waals surface area contributed by atoms with Gasteiger partial charge in [-0.15, -0.1) is 10.2 Å². The molecular weight excluding hydrogens is 346 g/mol. The smallest absolute Gasteiger partial charge is 0.228 e. The Hall–Kier alpha value is -1.67. The molecule has 4 rings (SSSR count). The molecule has 2 aliphatic rings. The van der Waals surface area contributed by atoms with Crippen molar-refractivity contribution in [3.8, 4) is 0 Å². The summed E-state index contributed by atoms with van der Waals surface area (Å²) < 4.78 is 34.8. The summed E-state index contributed by atoms with van der Waals surface area (Å²) in [5.74, 6) is -0.208.